The van der Waals surface area contributed by atoms with E-state index in [0.29, 0.717) is 6.42 Å². The Morgan fingerprint density at radius 3 is 2.31 bits per heavy atom. The molecule has 0 heterocycles. The molecule has 0 aromatic heterocycles. The third-order valence-electron chi connectivity index (χ3n) is 1.84. The van der Waals surface area contributed by atoms with Gasteiger partial charge in [-0.2, -0.15) is 0 Å². The molecular weight excluding hydrogens is 208 g/mol. The summed E-state index contributed by atoms with van der Waals surface area (Å²) >= 11 is 0. The normalized spacial score (nSPS) is 13.8. The molecule has 92 valence electrons. The van der Waals surface area contributed by atoms with E-state index in [-0.39, 0.29) is 6.42 Å². The summed E-state index contributed by atoms with van der Waals surface area (Å²) in [5, 5.41) is 8.91. The van der Waals surface area contributed by atoms with Crippen LogP contribution in [-0.4, -0.2) is 22.6 Å². The van der Waals surface area contributed by atoms with Crippen LogP contribution in [0.4, 0.5) is 0 Å². The fraction of sp³-hybridized carbons (Fsp3) is 0.667. The van der Waals surface area contributed by atoms with Gasteiger partial charge in [0.25, 0.3) is 0 Å². The van der Waals surface area contributed by atoms with E-state index < -0.39 is 23.5 Å². The maximum atomic E-state index is 11.4. The quantitative estimate of drug-likeness (QED) is 0.579. The maximum Gasteiger partial charge on any atom is 0.307 e. The Morgan fingerprint density at radius 1 is 1.38 bits per heavy atom. The van der Waals surface area contributed by atoms with Crippen molar-refractivity contribution in [3.8, 4) is 0 Å². The van der Waals surface area contributed by atoms with Crippen LogP contribution >= 0.6 is 0 Å². The third kappa shape index (κ3) is 7.04. The molecule has 0 aromatic rings. The van der Waals surface area contributed by atoms with Gasteiger partial charge >= 0.3 is 11.9 Å². The van der Waals surface area contributed by atoms with Gasteiger partial charge in [-0.15, -0.1) is 0 Å². The van der Waals surface area contributed by atoms with Crippen molar-refractivity contribution in [3.05, 3.63) is 12.2 Å². The first-order valence-corrected chi connectivity index (χ1v) is 5.32. The van der Waals surface area contributed by atoms with Crippen molar-refractivity contribution < 1.29 is 19.4 Å². The van der Waals surface area contributed by atoms with Crippen molar-refractivity contribution in [1.29, 1.82) is 0 Å². The smallest absolute Gasteiger partial charge is 0.307 e. The average molecular weight is 228 g/mol. The van der Waals surface area contributed by atoms with E-state index in [1.54, 1.807) is 32.9 Å². The Balaban J connectivity index is 4.29. The van der Waals surface area contributed by atoms with Crippen molar-refractivity contribution in [2.24, 2.45) is 5.92 Å². The minimum absolute atomic E-state index is 0.0864. The van der Waals surface area contributed by atoms with Gasteiger partial charge in [-0.25, -0.2) is 0 Å². The minimum atomic E-state index is -0.969. The van der Waals surface area contributed by atoms with Crippen LogP contribution in [0.15, 0.2) is 12.2 Å². The van der Waals surface area contributed by atoms with Crippen molar-refractivity contribution in [2.75, 3.05) is 0 Å². The Labute approximate surface area is 96.3 Å². The summed E-state index contributed by atoms with van der Waals surface area (Å²) in [6, 6.07) is 0. The minimum Gasteiger partial charge on any atom is -0.481 e. The molecule has 0 saturated heterocycles. The van der Waals surface area contributed by atoms with Crippen LogP contribution in [-0.2, 0) is 14.3 Å². The lowest BCUT2D eigenvalue weighted by molar-refractivity contribution is -0.159. The molecule has 0 amide bonds. The van der Waals surface area contributed by atoms with Crippen LogP contribution in [0, 0.1) is 5.92 Å². The highest BCUT2D eigenvalue weighted by atomic mass is 16.6. The number of allylic oxidation sites excluding steroid dienone is 2. The van der Waals surface area contributed by atoms with Crippen LogP contribution in [0.25, 0.3) is 0 Å². The second-order valence-electron chi connectivity index (χ2n) is 4.63. The van der Waals surface area contributed by atoms with Crippen LogP contribution in [0.3, 0.4) is 0 Å². The summed E-state index contributed by atoms with van der Waals surface area (Å²) in [5.74, 6) is -2.14. The second-order valence-corrected chi connectivity index (χ2v) is 4.63. The van der Waals surface area contributed by atoms with Gasteiger partial charge in [0.05, 0.1) is 12.3 Å². The number of aliphatic carboxylic acids is 1. The number of hydrogen-bond donors (Lipinski definition) is 1. The Bertz CT molecular complexity index is 273. The molecular formula is C12H20O4. The Morgan fingerprint density at radius 2 is 1.94 bits per heavy atom. The summed E-state index contributed by atoms with van der Waals surface area (Å²) in [4.78, 5) is 22.3. The lowest BCUT2D eigenvalue weighted by atomic mass is 10.0. The van der Waals surface area contributed by atoms with Crippen molar-refractivity contribution >= 4 is 11.9 Å². The monoisotopic (exact) mass is 228 g/mol. The lowest BCUT2D eigenvalue weighted by Gasteiger charge is -2.20. The molecule has 1 atom stereocenters. The molecule has 0 aliphatic rings. The van der Waals surface area contributed by atoms with Gasteiger partial charge in [0, 0.05) is 0 Å². The molecule has 0 fully saturated rings. The van der Waals surface area contributed by atoms with E-state index >= 15 is 0 Å². The molecule has 0 aliphatic carbocycles. The first-order valence-electron chi connectivity index (χ1n) is 5.32. The predicted octanol–water partition coefficient (Wildman–Crippen LogP) is 2.39. The topological polar surface area (TPSA) is 63.6 Å². The number of carboxylic acid groups (broad SMARTS) is 1. The molecule has 4 nitrogen and oxygen atoms in total. The summed E-state index contributed by atoms with van der Waals surface area (Å²) in [6.07, 6.45) is 3.77. The van der Waals surface area contributed by atoms with E-state index in [2.05, 4.69) is 0 Å². The summed E-state index contributed by atoms with van der Waals surface area (Å²) in [5.41, 5.74) is -0.569. The van der Waals surface area contributed by atoms with E-state index in [1.165, 1.54) is 0 Å². The fourth-order valence-electron chi connectivity index (χ4n) is 1.16. The van der Waals surface area contributed by atoms with E-state index in [4.69, 9.17) is 9.84 Å². The SMILES string of the molecule is C/C=C/CC(CC(=O)OC(C)(C)C)C(=O)O. The summed E-state index contributed by atoms with van der Waals surface area (Å²) < 4.78 is 5.07. The van der Waals surface area contributed by atoms with Gasteiger partial charge in [0.15, 0.2) is 0 Å². The number of esters is 1. The van der Waals surface area contributed by atoms with E-state index in [1.807, 2.05) is 6.92 Å². The molecule has 0 spiro atoms. The number of carbonyl (C=O) groups excluding carboxylic acids is 1. The molecule has 0 rings (SSSR count). The largest absolute Gasteiger partial charge is 0.481 e. The Kier molecular flexibility index (Phi) is 5.78. The van der Waals surface area contributed by atoms with Gasteiger partial charge in [0.2, 0.25) is 0 Å². The summed E-state index contributed by atoms with van der Waals surface area (Å²) in [7, 11) is 0. The highest BCUT2D eigenvalue weighted by molar-refractivity contribution is 5.79. The maximum absolute atomic E-state index is 11.4. The number of rotatable bonds is 5. The first-order chi connectivity index (χ1) is 7.26. The van der Waals surface area contributed by atoms with Gasteiger partial charge in [-0.1, -0.05) is 12.2 Å². The molecule has 0 bridgehead atoms. The third-order valence-corrected chi connectivity index (χ3v) is 1.84. The Hall–Kier alpha value is -1.32. The van der Waals surface area contributed by atoms with Gasteiger partial charge < -0.3 is 9.84 Å². The highest BCUT2D eigenvalue weighted by Crippen LogP contribution is 2.15. The molecule has 0 aromatic carbocycles. The van der Waals surface area contributed by atoms with Crippen molar-refractivity contribution in [3.63, 3.8) is 0 Å². The molecule has 0 aliphatic heterocycles. The predicted molar refractivity (Wildman–Crippen MR) is 61.0 cm³/mol. The second kappa shape index (κ2) is 6.30. The van der Waals surface area contributed by atoms with E-state index in [9.17, 15) is 9.59 Å². The molecule has 1 N–H and O–H groups in total. The standard InChI is InChI=1S/C12H20O4/c1-5-6-7-9(11(14)15)8-10(13)16-12(2,3)4/h5-6,9H,7-8H2,1-4H3,(H,14,15)/b6-5+. The zero-order valence-corrected chi connectivity index (χ0v) is 10.3. The number of carbonyl (C=O) groups is 2. The van der Waals surface area contributed by atoms with Crippen molar-refractivity contribution in [1.82, 2.24) is 0 Å². The number of ether oxygens (including phenoxy) is 1. The van der Waals surface area contributed by atoms with Crippen LogP contribution in [0.5, 0.6) is 0 Å². The molecule has 1 unspecified atom stereocenters. The van der Waals surface area contributed by atoms with Gasteiger partial charge in [-0.05, 0) is 34.1 Å². The van der Waals surface area contributed by atoms with Gasteiger partial charge in [0.1, 0.15) is 5.60 Å². The first kappa shape index (κ1) is 14.7. The zero-order chi connectivity index (χ0) is 12.8. The van der Waals surface area contributed by atoms with Gasteiger partial charge in [-0.3, -0.25) is 9.59 Å². The molecule has 0 saturated carbocycles. The molecule has 16 heavy (non-hydrogen) atoms. The van der Waals surface area contributed by atoms with Crippen molar-refractivity contribution in [2.45, 2.75) is 46.1 Å². The molecule has 4 heteroatoms. The zero-order valence-electron chi connectivity index (χ0n) is 10.3. The number of carboxylic acids is 1. The van der Waals surface area contributed by atoms with Crippen LogP contribution < -0.4 is 0 Å². The lowest BCUT2D eigenvalue weighted by Crippen LogP contribution is -2.27. The highest BCUT2D eigenvalue weighted by Gasteiger charge is 2.24. The van der Waals surface area contributed by atoms with Crippen LogP contribution in [0.1, 0.15) is 40.5 Å². The fourth-order valence-corrected chi connectivity index (χ4v) is 1.16. The average Bonchev–Trinajstić information content (AvgIpc) is 2.08. The summed E-state index contributed by atoms with van der Waals surface area (Å²) in [6.45, 7) is 7.08. The van der Waals surface area contributed by atoms with E-state index in [0.717, 1.165) is 0 Å². The van der Waals surface area contributed by atoms with Crippen LogP contribution in [0.2, 0.25) is 0 Å². The molecule has 0 radical (unpaired) electrons. The number of hydrogen-bond acceptors (Lipinski definition) is 3.